The van der Waals surface area contributed by atoms with E-state index in [1.807, 2.05) is 23.7 Å². The van der Waals surface area contributed by atoms with Crippen LogP contribution in [0.3, 0.4) is 0 Å². The standard InChI is InChI=1S/C16H22N4O/c1-5-20-12(4)15(11(3)19-20)10(2)18-14-8-6-7-13(9-14)16(17)21/h6-10,18H,5H2,1-4H3,(H2,17,21). The number of carbonyl (C=O) groups is 1. The minimum absolute atomic E-state index is 0.105. The van der Waals surface area contributed by atoms with Gasteiger partial charge in [-0.15, -0.1) is 0 Å². The molecule has 1 unspecified atom stereocenters. The average molecular weight is 286 g/mol. The van der Waals surface area contributed by atoms with Crippen molar-refractivity contribution in [2.45, 2.75) is 40.3 Å². The first-order valence-corrected chi connectivity index (χ1v) is 7.14. The van der Waals surface area contributed by atoms with Gasteiger partial charge >= 0.3 is 0 Å². The van der Waals surface area contributed by atoms with Gasteiger partial charge in [-0.1, -0.05) is 6.07 Å². The van der Waals surface area contributed by atoms with Crippen molar-refractivity contribution in [1.29, 1.82) is 0 Å². The fraction of sp³-hybridized carbons (Fsp3) is 0.375. The third-order valence-electron chi connectivity index (χ3n) is 3.70. The summed E-state index contributed by atoms with van der Waals surface area (Å²) in [4.78, 5) is 11.2. The molecule has 1 heterocycles. The Morgan fingerprint density at radius 3 is 2.71 bits per heavy atom. The molecule has 0 saturated carbocycles. The van der Waals surface area contributed by atoms with Gasteiger partial charge in [0, 0.05) is 29.1 Å². The zero-order chi connectivity index (χ0) is 15.6. The number of carbonyl (C=O) groups excluding carboxylic acids is 1. The van der Waals surface area contributed by atoms with Crippen molar-refractivity contribution in [3.8, 4) is 0 Å². The van der Waals surface area contributed by atoms with Crippen LogP contribution in [0, 0.1) is 13.8 Å². The Bertz CT molecular complexity index is 660. The third-order valence-corrected chi connectivity index (χ3v) is 3.70. The molecule has 0 saturated heterocycles. The Morgan fingerprint density at radius 2 is 2.14 bits per heavy atom. The van der Waals surface area contributed by atoms with E-state index in [-0.39, 0.29) is 6.04 Å². The number of hydrogen-bond acceptors (Lipinski definition) is 3. The molecule has 0 aliphatic rings. The number of nitrogens with one attached hydrogen (secondary N) is 1. The summed E-state index contributed by atoms with van der Waals surface area (Å²) in [6.45, 7) is 9.13. The maximum atomic E-state index is 11.2. The lowest BCUT2D eigenvalue weighted by atomic mass is 10.1. The fourth-order valence-corrected chi connectivity index (χ4v) is 2.73. The second kappa shape index (κ2) is 5.99. The monoisotopic (exact) mass is 286 g/mol. The molecule has 5 nitrogen and oxygen atoms in total. The highest BCUT2D eigenvalue weighted by atomic mass is 16.1. The smallest absolute Gasteiger partial charge is 0.248 e. The molecule has 0 fully saturated rings. The van der Waals surface area contributed by atoms with Crippen LogP contribution < -0.4 is 11.1 Å². The highest BCUT2D eigenvalue weighted by Gasteiger charge is 2.17. The van der Waals surface area contributed by atoms with Gasteiger partial charge < -0.3 is 11.1 Å². The Kier molecular flexibility index (Phi) is 4.31. The normalized spacial score (nSPS) is 12.2. The largest absolute Gasteiger partial charge is 0.378 e. The molecule has 2 rings (SSSR count). The van der Waals surface area contributed by atoms with Gasteiger partial charge in [-0.05, 0) is 45.9 Å². The maximum Gasteiger partial charge on any atom is 0.248 e. The molecule has 1 aromatic carbocycles. The number of amides is 1. The van der Waals surface area contributed by atoms with Crippen molar-refractivity contribution in [3.05, 3.63) is 46.8 Å². The lowest BCUT2D eigenvalue weighted by Gasteiger charge is -2.16. The maximum absolute atomic E-state index is 11.2. The van der Waals surface area contributed by atoms with Crippen LogP contribution in [0.2, 0.25) is 0 Å². The van der Waals surface area contributed by atoms with E-state index in [0.717, 1.165) is 17.9 Å². The first-order chi connectivity index (χ1) is 9.93. The molecule has 3 N–H and O–H groups in total. The third kappa shape index (κ3) is 3.07. The Hall–Kier alpha value is -2.30. The van der Waals surface area contributed by atoms with Crippen molar-refractivity contribution >= 4 is 11.6 Å². The average Bonchev–Trinajstić information content (AvgIpc) is 2.73. The van der Waals surface area contributed by atoms with Crippen LogP contribution in [0.5, 0.6) is 0 Å². The lowest BCUT2D eigenvalue weighted by Crippen LogP contribution is -2.13. The van der Waals surface area contributed by atoms with Crippen LogP contribution in [0.4, 0.5) is 5.69 Å². The van der Waals surface area contributed by atoms with Gasteiger partial charge in [-0.25, -0.2) is 0 Å². The first kappa shape index (κ1) is 15.1. The summed E-state index contributed by atoms with van der Waals surface area (Å²) in [6.07, 6.45) is 0. The Morgan fingerprint density at radius 1 is 1.43 bits per heavy atom. The van der Waals surface area contributed by atoms with Gasteiger partial charge in [-0.3, -0.25) is 9.48 Å². The molecule has 0 aliphatic heterocycles. The first-order valence-electron chi connectivity index (χ1n) is 7.14. The number of aryl methyl sites for hydroxylation is 2. The van der Waals surface area contributed by atoms with Gasteiger partial charge in [0.2, 0.25) is 5.91 Å². The molecule has 112 valence electrons. The number of nitrogens with two attached hydrogens (primary N) is 1. The Labute approximate surface area is 125 Å². The second-order valence-corrected chi connectivity index (χ2v) is 5.21. The van der Waals surface area contributed by atoms with E-state index in [1.54, 1.807) is 12.1 Å². The predicted octanol–water partition coefficient (Wildman–Crippen LogP) is 2.79. The number of nitrogens with zero attached hydrogens (tertiary/aromatic N) is 2. The molecule has 21 heavy (non-hydrogen) atoms. The molecule has 0 bridgehead atoms. The van der Waals surface area contributed by atoms with Gasteiger partial charge in [0.15, 0.2) is 0 Å². The van der Waals surface area contributed by atoms with Gasteiger partial charge in [0.25, 0.3) is 0 Å². The summed E-state index contributed by atoms with van der Waals surface area (Å²) >= 11 is 0. The molecule has 1 aromatic heterocycles. The van der Waals surface area contributed by atoms with Crippen molar-refractivity contribution in [1.82, 2.24) is 9.78 Å². The highest BCUT2D eigenvalue weighted by Crippen LogP contribution is 2.25. The van der Waals surface area contributed by atoms with E-state index in [1.165, 1.54) is 11.3 Å². The summed E-state index contributed by atoms with van der Waals surface area (Å²) in [6, 6.07) is 7.34. The van der Waals surface area contributed by atoms with E-state index >= 15 is 0 Å². The topological polar surface area (TPSA) is 72.9 Å². The molecule has 0 radical (unpaired) electrons. The molecule has 2 aromatic rings. The predicted molar refractivity (Wildman–Crippen MR) is 84.4 cm³/mol. The molecule has 1 amide bonds. The summed E-state index contributed by atoms with van der Waals surface area (Å²) in [5, 5.41) is 7.95. The number of primary amides is 1. The van der Waals surface area contributed by atoms with Crippen LogP contribution in [0.25, 0.3) is 0 Å². The molecule has 0 spiro atoms. The number of aromatic nitrogens is 2. The van der Waals surface area contributed by atoms with Gasteiger partial charge in [-0.2, -0.15) is 5.10 Å². The minimum atomic E-state index is -0.419. The van der Waals surface area contributed by atoms with E-state index in [9.17, 15) is 4.79 Å². The summed E-state index contributed by atoms with van der Waals surface area (Å²) in [5.41, 5.74) is 10.1. The fourth-order valence-electron chi connectivity index (χ4n) is 2.73. The molecular weight excluding hydrogens is 264 g/mol. The zero-order valence-corrected chi connectivity index (χ0v) is 13.0. The summed E-state index contributed by atoms with van der Waals surface area (Å²) < 4.78 is 2.00. The van der Waals surface area contributed by atoms with Crippen molar-refractivity contribution in [3.63, 3.8) is 0 Å². The van der Waals surface area contributed by atoms with E-state index in [2.05, 4.69) is 31.2 Å². The number of benzene rings is 1. The number of anilines is 1. The van der Waals surface area contributed by atoms with Crippen LogP contribution >= 0.6 is 0 Å². The number of rotatable bonds is 5. The SMILES string of the molecule is CCn1nc(C)c(C(C)Nc2cccc(C(N)=O)c2)c1C. The zero-order valence-electron chi connectivity index (χ0n) is 13.0. The van der Waals surface area contributed by atoms with Crippen LogP contribution in [-0.4, -0.2) is 15.7 Å². The summed E-state index contributed by atoms with van der Waals surface area (Å²) in [7, 11) is 0. The summed E-state index contributed by atoms with van der Waals surface area (Å²) in [5.74, 6) is -0.419. The lowest BCUT2D eigenvalue weighted by molar-refractivity contribution is 0.100. The van der Waals surface area contributed by atoms with Gasteiger partial charge in [0.1, 0.15) is 0 Å². The molecule has 1 atom stereocenters. The molecule has 5 heteroatoms. The van der Waals surface area contributed by atoms with Gasteiger partial charge in [0.05, 0.1) is 11.7 Å². The van der Waals surface area contributed by atoms with Crippen molar-refractivity contribution < 1.29 is 4.79 Å². The van der Waals surface area contributed by atoms with Crippen molar-refractivity contribution in [2.75, 3.05) is 5.32 Å². The Balaban J connectivity index is 2.26. The number of hydrogen-bond donors (Lipinski definition) is 2. The van der Waals surface area contributed by atoms with Crippen LogP contribution in [-0.2, 0) is 6.54 Å². The van der Waals surface area contributed by atoms with Crippen LogP contribution in [0.15, 0.2) is 24.3 Å². The quantitative estimate of drug-likeness (QED) is 0.887. The van der Waals surface area contributed by atoms with E-state index in [0.29, 0.717) is 5.56 Å². The van der Waals surface area contributed by atoms with Crippen molar-refractivity contribution in [2.24, 2.45) is 5.73 Å². The van der Waals surface area contributed by atoms with E-state index < -0.39 is 5.91 Å². The second-order valence-electron chi connectivity index (χ2n) is 5.21. The molecule has 0 aliphatic carbocycles. The molecular formula is C16H22N4O. The van der Waals surface area contributed by atoms with E-state index in [4.69, 9.17) is 5.73 Å². The van der Waals surface area contributed by atoms with Crippen LogP contribution in [0.1, 0.15) is 47.2 Å². The minimum Gasteiger partial charge on any atom is -0.378 e. The highest BCUT2D eigenvalue weighted by molar-refractivity contribution is 5.93.